The lowest BCUT2D eigenvalue weighted by molar-refractivity contribution is 0.210. The maximum atomic E-state index is 13.3. The first-order valence-corrected chi connectivity index (χ1v) is 10.8. The van der Waals surface area contributed by atoms with E-state index in [2.05, 4.69) is 19.9 Å². The number of benzene rings is 1. The second kappa shape index (κ2) is 7.63. The zero-order valence-electron chi connectivity index (χ0n) is 15.2. The van der Waals surface area contributed by atoms with Gasteiger partial charge in [0.25, 0.3) is 10.0 Å². The summed E-state index contributed by atoms with van der Waals surface area (Å²) < 4.78 is 53.5. The van der Waals surface area contributed by atoms with E-state index in [4.69, 9.17) is 0 Å². The van der Waals surface area contributed by atoms with Crippen LogP contribution in [0, 0.1) is 11.6 Å². The molecule has 0 bridgehead atoms. The Morgan fingerprint density at radius 3 is 2.25 bits per heavy atom. The minimum Gasteiger partial charge on any atom is -0.367 e. The lowest BCUT2D eigenvalue weighted by atomic mass is 10.0. The molecule has 4 rings (SSSR count). The molecule has 1 saturated carbocycles. The molecular formula is C19H22F2N4O2S. The number of likely N-dealkylation sites (tertiary alicyclic amines) is 1. The minimum atomic E-state index is -3.99. The van der Waals surface area contributed by atoms with E-state index < -0.39 is 21.7 Å². The summed E-state index contributed by atoms with van der Waals surface area (Å²) in [6.07, 6.45) is 5.92. The van der Waals surface area contributed by atoms with Gasteiger partial charge in [-0.1, -0.05) is 0 Å². The number of rotatable bonds is 6. The number of pyridine rings is 1. The second-order valence-corrected chi connectivity index (χ2v) is 9.01. The van der Waals surface area contributed by atoms with Crippen molar-refractivity contribution in [1.29, 1.82) is 0 Å². The summed E-state index contributed by atoms with van der Waals surface area (Å²) in [5, 5.41) is 3.35. The number of hydrogen-bond acceptors (Lipinski definition) is 5. The molecule has 0 amide bonds. The third kappa shape index (κ3) is 4.59. The van der Waals surface area contributed by atoms with E-state index in [0.29, 0.717) is 17.9 Å². The van der Waals surface area contributed by atoms with Crippen LogP contribution < -0.4 is 10.0 Å². The molecule has 0 atom stereocenters. The first kappa shape index (κ1) is 19.1. The lowest BCUT2D eigenvalue weighted by Crippen LogP contribution is -2.40. The number of nitrogens with one attached hydrogen (secondary N) is 2. The van der Waals surface area contributed by atoms with Gasteiger partial charge in [-0.2, -0.15) is 0 Å². The Hall–Kier alpha value is -2.26. The molecular weight excluding hydrogens is 386 g/mol. The van der Waals surface area contributed by atoms with Crippen LogP contribution in [0.1, 0.15) is 25.7 Å². The lowest BCUT2D eigenvalue weighted by Gasteiger charge is -2.32. The topological polar surface area (TPSA) is 74.3 Å². The summed E-state index contributed by atoms with van der Waals surface area (Å²) in [5.74, 6) is -1.10. The van der Waals surface area contributed by atoms with Gasteiger partial charge in [0.2, 0.25) is 0 Å². The molecule has 2 aliphatic rings. The van der Waals surface area contributed by atoms with Crippen LogP contribution in [0.15, 0.2) is 41.4 Å². The summed E-state index contributed by atoms with van der Waals surface area (Å²) in [6.45, 7) is 2.14. The van der Waals surface area contributed by atoms with E-state index in [1.165, 1.54) is 25.1 Å². The zero-order valence-corrected chi connectivity index (χ0v) is 16.1. The minimum absolute atomic E-state index is 0.0775. The van der Waals surface area contributed by atoms with Gasteiger partial charge in [0.05, 0.1) is 5.69 Å². The Kier molecular flexibility index (Phi) is 5.20. The van der Waals surface area contributed by atoms with Crippen LogP contribution in [-0.4, -0.2) is 43.5 Å². The molecule has 1 saturated heterocycles. The highest BCUT2D eigenvalue weighted by atomic mass is 32.2. The second-order valence-electron chi connectivity index (χ2n) is 7.33. The quantitative estimate of drug-likeness (QED) is 0.768. The normalized spacial score (nSPS) is 18.8. The molecule has 1 aromatic heterocycles. The maximum Gasteiger partial charge on any atom is 0.263 e. The van der Waals surface area contributed by atoms with E-state index in [0.717, 1.165) is 44.1 Å². The molecule has 0 unspecified atom stereocenters. The predicted octanol–water partition coefficient (Wildman–Crippen LogP) is 3.20. The summed E-state index contributed by atoms with van der Waals surface area (Å²) >= 11 is 0. The fourth-order valence-electron chi connectivity index (χ4n) is 3.51. The SMILES string of the molecule is O=S(=O)(Nc1cc(F)cc(F)c1)c1ccc(NC2CCN(C3CC3)CC2)nc1. The average molecular weight is 408 g/mol. The molecule has 1 aliphatic heterocycles. The van der Waals surface area contributed by atoms with Crippen LogP contribution in [0.25, 0.3) is 0 Å². The first-order valence-electron chi connectivity index (χ1n) is 9.35. The standard InChI is InChI=1S/C19H22F2N4O2S/c20-13-9-14(21)11-16(10-13)24-28(26,27)18-3-4-19(22-12-18)23-15-5-7-25(8-6-15)17-1-2-17/h3-4,9-12,15,17,24H,1-2,5-8H2,(H,22,23). The fourth-order valence-corrected chi connectivity index (χ4v) is 4.49. The third-order valence-electron chi connectivity index (χ3n) is 5.11. The van der Waals surface area contributed by atoms with Gasteiger partial charge in [-0.25, -0.2) is 22.2 Å². The van der Waals surface area contributed by atoms with Gasteiger partial charge in [-0.15, -0.1) is 0 Å². The maximum absolute atomic E-state index is 13.3. The van der Waals surface area contributed by atoms with E-state index in [9.17, 15) is 17.2 Å². The van der Waals surface area contributed by atoms with Crippen LogP contribution in [0.4, 0.5) is 20.3 Å². The van der Waals surface area contributed by atoms with Gasteiger partial charge in [0.15, 0.2) is 0 Å². The first-order chi connectivity index (χ1) is 13.4. The van der Waals surface area contributed by atoms with E-state index in [1.807, 2.05) is 0 Å². The van der Waals surface area contributed by atoms with Crippen molar-refractivity contribution in [3.8, 4) is 0 Å². The highest BCUT2D eigenvalue weighted by molar-refractivity contribution is 7.92. The van der Waals surface area contributed by atoms with Crippen LogP contribution >= 0.6 is 0 Å². The van der Waals surface area contributed by atoms with Crippen molar-refractivity contribution in [3.63, 3.8) is 0 Å². The predicted molar refractivity (Wildman–Crippen MR) is 103 cm³/mol. The third-order valence-corrected chi connectivity index (χ3v) is 6.47. The van der Waals surface area contributed by atoms with Crippen LogP contribution in [-0.2, 0) is 10.0 Å². The summed E-state index contributed by atoms with van der Waals surface area (Å²) in [5.41, 5.74) is -0.179. The van der Waals surface area contributed by atoms with Gasteiger partial charge in [-0.3, -0.25) is 4.72 Å². The van der Waals surface area contributed by atoms with Crippen molar-refractivity contribution in [2.24, 2.45) is 0 Å². The van der Waals surface area contributed by atoms with Crippen molar-refractivity contribution in [2.75, 3.05) is 23.1 Å². The molecule has 2 aromatic rings. The van der Waals surface area contributed by atoms with Crippen LogP contribution in [0.3, 0.4) is 0 Å². The molecule has 1 aliphatic carbocycles. The molecule has 2 fully saturated rings. The van der Waals surface area contributed by atoms with Crippen molar-refractivity contribution >= 4 is 21.5 Å². The highest BCUT2D eigenvalue weighted by Crippen LogP contribution is 2.30. The van der Waals surface area contributed by atoms with Crippen LogP contribution in [0.2, 0.25) is 0 Å². The molecule has 150 valence electrons. The Labute approximate surface area is 163 Å². The van der Waals surface area contributed by atoms with Crippen molar-refractivity contribution in [1.82, 2.24) is 9.88 Å². The number of aromatic nitrogens is 1. The van der Waals surface area contributed by atoms with Crippen molar-refractivity contribution < 1.29 is 17.2 Å². The molecule has 1 aromatic carbocycles. The molecule has 2 N–H and O–H groups in total. The molecule has 0 spiro atoms. The Balaban J connectivity index is 1.38. The fraction of sp³-hybridized carbons (Fsp3) is 0.421. The Bertz CT molecular complexity index is 921. The van der Waals surface area contributed by atoms with Gasteiger partial charge in [-0.05, 0) is 49.9 Å². The largest absolute Gasteiger partial charge is 0.367 e. The van der Waals surface area contributed by atoms with E-state index >= 15 is 0 Å². The number of anilines is 2. The number of hydrogen-bond donors (Lipinski definition) is 2. The van der Waals surface area contributed by atoms with E-state index in [1.54, 1.807) is 6.07 Å². The summed E-state index contributed by atoms with van der Waals surface area (Å²) in [4.78, 5) is 6.64. The van der Waals surface area contributed by atoms with Gasteiger partial charge < -0.3 is 10.2 Å². The molecule has 6 nitrogen and oxygen atoms in total. The van der Waals surface area contributed by atoms with Gasteiger partial charge >= 0.3 is 0 Å². The smallest absolute Gasteiger partial charge is 0.263 e. The molecule has 2 heterocycles. The molecule has 28 heavy (non-hydrogen) atoms. The average Bonchev–Trinajstić information content (AvgIpc) is 3.47. The number of sulfonamides is 1. The highest BCUT2D eigenvalue weighted by Gasteiger charge is 2.31. The van der Waals surface area contributed by atoms with Crippen molar-refractivity contribution in [3.05, 3.63) is 48.2 Å². The number of nitrogens with zero attached hydrogens (tertiary/aromatic N) is 2. The van der Waals surface area contributed by atoms with E-state index in [-0.39, 0.29) is 10.6 Å². The number of halogens is 2. The van der Waals surface area contributed by atoms with Crippen molar-refractivity contribution in [2.45, 2.75) is 42.7 Å². The van der Waals surface area contributed by atoms with Gasteiger partial charge in [0.1, 0.15) is 22.3 Å². The molecule has 0 radical (unpaired) electrons. The Morgan fingerprint density at radius 2 is 1.68 bits per heavy atom. The van der Waals surface area contributed by atoms with Gasteiger partial charge in [0, 0.05) is 37.4 Å². The molecule has 9 heteroatoms. The zero-order chi connectivity index (χ0) is 19.7. The Morgan fingerprint density at radius 1 is 1.00 bits per heavy atom. The monoisotopic (exact) mass is 408 g/mol. The number of piperidine rings is 1. The summed E-state index contributed by atoms with van der Waals surface area (Å²) in [6, 6.07) is 6.63. The van der Waals surface area contributed by atoms with Crippen LogP contribution in [0.5, 0.6) is 0 Å². The summed E-state index contributed by atoms with van der Waals surface area (Å²) in [7, 11) is -3.99.